The average molecular weight is 336 g/mol. The van der Waals surface area contributed by atoms with Crippen molar-refractivity contribution in [2.45, 2.75) is 31.7 Å². The Morgan fingerprint density at radius 1 is 1.00 bits per heavy atom. The van der Waals surface area contributed by atoms with Crippen molar-refractivity contribution >= 4 is 17.4 Å². The SMILES string of the molecule is O=C(Nc1ccc(F)c(F)c1F)c1ccc(NC2CCCC2)nn1. The summed E-state index contributed by atoms with van der Waals surface area (Å²) in [7, 11) is 0. The second-order valence-electron chi connectivity index (χ2n) is 5.61. The Hall–Kier alpha value is -2.64. The number of nitrogens with zero attached hydrogens (tertiary/aromatic N) is 2. The number of rotatable bonds is 4. The van der Waals surface area contributed by atoms with Crippen molar-refractivity contribution in [1.29, 1.82) is 0 Å². The van der Waals surface area contributed by atoms with Gasteiger partial charge < -0.3 is 10.6 Å². The number of halogens is 3. The van der Waals surface area contributed by atoms with Gasteiger partial charge >= 0.3 is 0 Å². The molecule has 1 aliphatic rings. The topological polar surface area (TPSA) is 66.9 Å². The summed E-state index contributed by atoms with van der Waals surface area (Å²) in [6, 6.07) is 5.05. The third kappa shape index (κ3) is 3.47. The van der Waals surface area contributed by atoms with Gasteiger partial charge in [-0.25, -0.2) is 13.2 Å². The summed E-state index contributed by atoms with van der Waals surface area (Å²) in [6.07, 6.45) is 4.48. The van der Waals surface area contributed by atoms with Crippen LogP contribution in [0.25, 0.3) is 0 Å². The van der Waals surface area contributed by atoms with Crippen molar-refractivity contribution in [2.24, 2.45) is 0 Å². The average Bonchev–Trinajstić information content (AvgIpc) is 3.09. The summed E-state index contributed by atoms with van der Waals surface area (Å²) >= 11 is 0. The molecule has 0 spiro atoms. The van der Waals surface area contributed by atoms with Gasteiger partial charge in [0.15, 0.2) is 23.1 Å². The monoisotopic (exact) mass is 336 g/mol. The highest BCUT2D eigenvalue weighted by atomic mass is 19.2. The maximum atomic E-state index is 13.6. The fraction of sp³-hybridized carbons (Fsp3) is 0.312. The smallest absolute Gasteiger partial charge is 0.276 e. The maximum Gasteiger partial charge on any atom is 0.276 e. The highest BCUT2D eigenvalue weighted by molar-refractivity contribution is 6.02. The molecule has 0 saturated heterocycles. The van der Waals surface area contributed by atoms with Crippen LogP contribution in [0, 0.1) is 17.5 Å². The normalized spacial score (nSPS) is 14.6. The first-order chi connectivity index (χ1) is 11.5. The van der Waals surface area contributed by atoms with E-state index in [0.29, 0.717) is 11.9 Å². The van der Waals surface area contributed by atoms with Crippen LogP contribution in [-0.2, 0) is 0 Å². The number of carbonyl (C=O) groups is 1. The minimum Gasteiger partial charge on any atom is -0.366 e. The maximum absolute atomic E-state index is 13.6. The predicted molar refractivity (Wildman–Crippen MR) is 82.2 cm³/mol. The van der Waals surface area contributed by atoms with Crippen LogP contribution in [0.4, 0.5) is 24.7 Å². The number of carbonyl (C=O) groups excluding carboxylic acids is 1. The molecule has 3 rings (SSSR count). The molecule has 24 heavy (non-hydrogen) atoms. The summed E-state index contributed by atoms with van der Waals surface area (Å²) in [5.74, 6) is -4.64. The van der Waals surface area contributed by atoms with E-state index < -0.39 is 29.0 Å². The van der Waals surface area contributed by atoms with Crippen molar-refractivity contribution in [3.63, 3.8) is 0 Å². The lowest BCUT2D eigenvalue weighted by Crippen LogP contribution is -2.18. The van der Waals surface area contributed by atoms with E-state index in [1.807, 2.05) is 0 Å². The highest BCUT2D eigenvalue weighted by Gasteiger charge is 2.18. The third-order valence-corrected chi connectivity index (χ3v) is 3.89. The number of nitrogens with one attached hydrogen (secondary N) is 2. The number of hydrogen-bond acceptors (Lipinski definition) is 4. The molecule has 126 valence electrons. The fourth-order valence-electron chi connectivity index (χ4n) is 2.62. The molecule has 5 nitrogen and oxygen atoms in total. The van der Waals surface area contributed by atoms with Crippen LogP contribution in [0.1, 0.15) is 36.2 Å². The first-order valence-corrected chi connectivity index (χ1v) is 7.59. The van der Waals surface area contributed by atoms with Crippen molar-refractivity contribution in [2.75, 3.05) is 10.6 Å². The Balaban J connectivity index is 1.68. The van der Waals surface area contributed by atoms with Crippen LogP contribution in [0.2, 0.25) is 0 Å². The van der Waals surface area contributed by atoms with Crippen LogP contribution < -0.4 is 10.6 Å². The lowest BCUT2D eigenvalue weighted by molar-refractivity contribution is 0.102. The van der Waals surface area contributed by atoms with Crippen molar-refractivity contribution in [3.8, 4) is 0 Å². The van der Waals surface area contributed by atoms with E-state index in [0.717, 1.165) is 25.0 Å². The molecule has 0 radical (unpaired) electrons. The van der Waals surface area contributed by atoms with Gasteiger partial charge in [-0.2, -0.15) is 0 Å². The van der Waals surface area contributed by atoms with Crippen LogP contribution >= 0.6 is 0 Å². The molecule has 2 N–H and O–H groups in total. The minimum atomic E-state index is -1.64. The standard InChI is InChI=1S/C16H15F3N4O/c17-10-5-6-11(15(19)14(10)18)21-16(24)12-7-8-13(23-22-12)20-9-3-1-2-4-9/h5-9H,1-4H2,(H,20,23)(H,21,24). The van der Waals surface area contributed by atoms with E-state index in [9.17, 15) is 18.0 Å². The quantitative estimate of drug-likeness (QED) is 0.839. The number of aromatic nitrogens is 2. The molecule has 1 saturated carbocycles. The zero-order valence-corrected chi connectivity index (χ0v) is 12.7. The van der Waals surface area contributed by atoms with E-state index in [1.54, 1.807) is 6.07 Å². The summed E-state index contributed by atoms with van der Waals surface area (Å²) in [6.45, 7) is 0. The first kappa shape index (κ1) is 16.2. The molecular weight excluding hydrogens is 321 g/mol. The van der Waals surface area contributed by atoms with Crippen molar-refractivity contribution in [3.05, 3.63) is 47.4 Å². The summed E-state index contributed by atoms with van der Waals surface area (Å²) in [5, 5.41) is 13.0. The molecule has 1 aromatic heterocycles. The Bertz CT molecular complexity index is 746. The molecule has 1 heterocycles. The van der Waals surface area contributed by atoms with Gasteiger partial charge in [0.1, 0.15) is 5.82 Å². The fourth-order valence-corrected chi connectivity index (χ4v) is 2.62. The van der Waals surface area contributed by atoms with Gasteiger partial charge in [0.2, 0.25) is 0 Å². The summed E-state index contributed by atoms with van der Waals surface area (Å²) < 4.78 is 39.6. The molecule has 8 heteroatoms. The Morgan fingerprint density at radius 3 is 2.42 bits per heavy atom. The lowest BCUT2D eigenvalue weighted by Gasteiger charge is -2.12. The van der Waals surface area contributed by atoms with Gasteiger partial charge in [-0.15, -0.1) is 10.2 Å². The predicted octanol–water partition coefficient (Wildman–Crippen LogP) is 3.50. The second-order valence-corrected chi connectivity index (χ2v) is 5.61. The van der Waals surface area contributed by atoms with Crippen LogP contribution in [0.5, 0.6) is 0 Å². The van der Waals surface area contributed by atoms with E-state index in [-0.39, 0.29) is 5.69 Å². The Kier molecular flexibility index (Phi) is 4.64. The molecule has 1 aromatic carbocycles. The molecular formula is C16H15F3N4O. The number of amides is 1. The summed E-state index contributed by atoms with van der Waals surface area (Å²) in [5.41, 5.74) is -0.523. The molecule has 1 aliphatic carbocycles. The van der Waals surface area contributed by atoms with E-state index >= 15 is 0 Å². The molecule has 1 amide bonds. The number of anilines is 2. The summed E-state index contributed by atoms with van der Waals surface area (Å²) in [4.78, 5) is 12.0. The third-order valence-electron chi connectivity index (χ3n) is 3.89. The number of benzene rings is 1. The van der Waals surface area contributed by atoms with Gasteiger partial charge in [0.25, 0.3) is 5.91 Å². The molecule has 0 bridgehead atoms. The van der Waals surface area contributed by atoms with Crippen molar-refractivity contribution in [1.82, 2.24) is 10.2 Å². The molecule has 1 fully saturated rings. The van der Waals surface area contributed by atoms with Gasteiger partial charge in [-0.3, -0.25) is 4.79 Å². The van der Waals surface area contributed by atoms with Crippen LogP contribution in [-0.4, -0.2) is 22.1 Å². The molecule has 0 atom stereocenters. The van der Waals surface area contributed by atoms with Gasteiger partial charge in [-0.05, 0) is 37.1 Å². The van der Waals surface area contributed by atoms with Gasteiger partial charge in [-0.1, -0.05) is 12.8 Å². The second kappa shape index (κ2) is 6.86. The molecule has 0 aliphatic heterocycles. The number of hydrogen-bond donors (Lipinski definition) is 2. The van der Waals surface area contributed by atoms with E-state index in [4.69, 9.17) is 0 Å². The largest absolute Gasteiger partial charge is 0.366 e. The van der Waals surface area contributed by atoms with E-state index in [2.05, 4.69) is 20.8 Å². The zero-order valence-electron chi connectivity index (χ0n) is 12.7. The minimum absolute atomic E-state index is 0.0592. The zero-order chi connectivity index (χ0) is 17.1. The van der Waals surface area contributed by atoms with E-state index in [1.165, 1.54) is 18.9 Å². The molecule has 2 aromatic rings. The Labute approximate surface area is 136 Å². The Morgan fingerprint density at radius 2 is 1.75 bits per heavy atom. The first-order valence-electron chi connectivity index (χ1n) is 7.59. The lowest BCUT2D eigenvalue weighted by atomic mass is 10.2. The van der Waals surface area contributed by atoms with Crippen molar-refractivity contribution < 1.29 is 18.0 Å². The molecule has 0 unspecified atom stereocenters. The van der Waals surface area contributed by atoms with Gasteiger partial charge in [0, 0.05) is 6.04 Å². The highest BCUT2D eigenvalue weighted by Crippen LogP contribution is 2.22. The van der Waals surface area contributed by atoms with Crippen LogP contribution in [0.15, 0.2) is 24.3 Å². The van der Waals surface area contributed by atoms with Crippen LogP contribution in [0.3, 0.4) is 0 Å². The van der Waals surface area contributed by atoms with Gasteiger partial charge in [0.05, 0.1) is 5.69 Å².